The van der Waals surface area contributed by atoms with Crippen molar-refractivity contribution in [1.29, 1.82) is 0 Å². The van der Waals surface area contributed by atoms with E-state index in [1.807, 2.05) is 30.3 Å². The Labute approximate surface area is 184 Å². The van der Waals surface area contributed by atoms with Crippen molar-refractivity contribution in [3.8, 4) is 16.3 Å². The van der Waals surface area contributed by atoms with Crippen LogP contribution in [0.1, 0.15) is 29.6 Å². The number of ether oxygens (including phenoxy) is 1. The third kappa shape index (κ3) is 4.70. The van der Waals surface area contributed by atoms with E-state index in [2.05, 4.69) is 14.9 Å². The van der Waals surface area contributed by atoms with Crippen molar-refractivity contribution in [2.45, 2.75) is 24.2 Å². The largest absolute Gasteiger partial charge is 0.496 e. The number of rotatable bonds is 6. The third-order valence-electron chi connectivity index (χ3n) is 5.02. The lowest BCUT2D eigenvalue weighted by atomic mass is 10.1. The van der Waals surface area contributed by atoms with Gasteiger partial charge < -0.3 is 9.64 Å². The number of nitrogens with zero attached hydrogens (tertiary/aromatic N) is 3. The Morgan fingerprint density at radius 2 is 1.81 bits per heavy atom. The number of hydrogen-bond donors (Lipinski definition) is 1. The molecule has 1 fully saturated rings. The van der Waals surface area contributed by atoms with E-state index in [4.69, 9.17) is 4.74 Å². The Bertz CT molecular complexity index is 1170. The molecule has 0 bridgehead atoms. The summed E-state index contributed by atoms with van der Waals surface area (Å²) in [4.78, 5) is 14.7. The molecule has 1 N–H and O–H groups in total. The van der Waals surface area contributed by atoms with Gasteiger partial charge in [-0.05, 0) is 37.5 Å². The molecule has 1 aromatic heterocycles. The van der Waals surface area contributed by atoms with Gasteiger partial charge in [-0.15, -0.1) is 10.2 Å². The van der Waals surface area contributed by atoms with Gasteiger partial charge >= 0.3 is 0 Å². The van der Waals surface area contributed by atoms with Crippen LogP contribution in [0.2, 0.25) is 0 Å². The molecule has 3 aromatic rings. The molecule has 8 nitrogen and oxygen atoms in total. The first-order valence-electron chi connectivity index (χ1n) is 9.87. The summed E-state index contributed by atoms with van der Waals surface area (Å²) in [5.74, 6) is 0.118. The summed E-state index contributed by atoms with van der Waals surface area (Å²) in [6.45, 7) is 1.31. The second-order valence-electron chi connectivity index (χ2n) is 7.10. The highest BCUT2D eigenvalue weighted by Gasteiger charge is 2.25. The fraction of sp³-hybridized carbons (Fsp3) is 0.286. The predicted molar refractivity (Wildman–Crippen MR) is 119 cm³/mol. The molecule has 31 heavy (non-hydrogen) atoms. The number of hydrogen-bond acceptors (Lipinski definition) is 7. The highest BCUT2D eigenvalue weighted by atomic mass is 32.2. The smallest absolute Gasteiger partial charge is 0.263 e. The zero-order valence-corrected chi connectivity index (χ0v) is 18.6. The van der Waals surface area contributed by atoms with Gasteiger partial charge in [0.15, 0.2) is 0 Å². The van der Waals surface area contributed by atoms with Gasteiger partial charge in [-0.1, -0.05) is 41.7 Å². The SMILES string of the molecule is COc1ccc(S(=O)(=O)Nc2nnc(-c3ccccc3)s2)cc1C(=O)N1CCCCC1. The number of carbonyl (C=O) groups is 1. The summed E-state index contributed by atoms with van der Waals surface area (Å²) < 4.78 is 33.7. The second-order valence-corrected chi connectivity index (χ2v) is 9.76. The molecule has 0 unspecified atom stereocenters. The molecule has 10 heteroatoms. The van der Waals surface area contributed by atoms with E-state index in [-0.39, 0.29) is 21.5 Å². The minimum atomic E-state index is -3.96. The first kappa shape index (κ1) is 21.3. The fourth-order valence-electron chi connectivity index (χ4n) is 3.42. The number of nitrogens with one attached hydrogen (secondary N) is 1. The van der Waals surface area contributed by atoms with Gasteiger partial charge in [-0.3, -0.25) is 9.52 Å². The topological polar surface area (TPSA) is 101 Å². The molecule has 162 valence electrons. The summed E-state index contributed by atoms with van der Waals surface area (Å²) in [5, 5.41) is 8.76. The summed E-state index contributed by atoms with van der Waals surface area (Å²) in [5.41, 5.74) is 1.08. The van der Waals surface area contributed by atoms with Crippen LogP contribution in [-0.4, -0.2) is 49.6 Å². The first-order valence-corrected chi connectivity index (χ1v) is 12.2. The molecule has 1 saturated heterocycles. The maximum atomic E-state index is 13.0. The standard InChI is InChI=1S/C21H22N4O4S2/c1-29-18-11-10-16(14-17(18)20(26)25-12-6-3-7-13-25)31(27,28)24-21-23-22-19(30-21)15-8-4-2-5-9-15/h2,4-5,8-11,14H,3,6-7,12-13H2,1H3,(H,23,24). The third-order valence-corrected chi connectivity index (χ3v) is 7.38. The van der Waals surface area contributed by atoms with Crippen LogP contribution in [0, 0.1) is 0 Å². The zero-order chi connectivity index (χ0) is 21.8. The van der Waals surface area contributed by atoms with Gasteiger partial charge in [0.2, 0.25) is 5.13 Å². The van der Waals surface area contributed by atoms with Crippen molar-refractivity contribution in [2.75, 3.05) is 24.9 Å². The van der Waals surface area contributed by atoms with Crippen LogP contribution in [-0.2, 0) is 10.0 Å². The average Bonchev–Trinajstić information content (AvgIpc) is 3.27. The molecular weight excluding hydrogens is 436 g/mol. The van der Waals surface area contributed by atoms with E-state index in [1.54, 1.807) is 4.90 Å². The van der Waals surface area contributed by atoms with Crippen LogP contribution < -0.4 is 9.46 Å². The van der Waals surface area contributed by atoms with Crippen LogP contribution in [0.5, 0.6) is 5.75 Å². The van der Waals surface area contributed by atoms with Gasteiger partial charge in [-0.25, -0.2) is 8.42 Å². The molecule has 0 radical (unpaired) electrons. The van der Waals surface area contributed by atoms with Gasteiger partial charge in [0.25, 0.3) is 15.9 Å². The highest BCUT2D eigenvalue weighted by molar-refractivity contribution is 7.93. The normalized spacial score (nSPS) is 14.3. The number of benzene rings is 2. The Morgan fingerprint density at radius 1 is 1.06 bits per heavy atom. The van der Waals surface area contributed by atoms with Crippen LogP contribution in [0.3, 0.4) is 0 Å². The van der Waals surface area contributed by atoms with Crippen molar-refractivity contribution in [1.82, 2.24) is 15.1 Å². The van der Waals surface area contributed by atoms with Crippen LogP contribution >= 0.6 is 11.3 Å². The van der Waals surface area contributed by atoms with E-state index in [0.717, 1.165) is 36.2 Å². The van der Waals surface area contributed by atoms with Crippen LogP contribution in [0.25, 0.3) is 10.6 Å². The number of methoxy groups -OCH3 is 1. The molecular formula is C21H22N4O4S2. The van der Waals surface area contributed by atoms with E-state index < -0.39 is 10.0 Å². The fourth-order valence-corrected chi connectivity index (χ4v) is 5.43. The summed E-state index contributed by atoms with van der Waals surface area (Å²) in [6.07, 6.45) is 2.97. The summed E-state index contributed by atoms with van der Waals surface area (Å²) in [6, 6.07) is 13.7. The average molecular weight is 459 g/mol. The summed E-state index contributed by atoms with van der Waals surface area (Å²) >= 11 is 1.14. The molecule has 2 aromatic carbocycles. The van der Waals surface area contributed by atoms with E-state index in [0.29, 0.717) is 23.8 Å². The Hall–Kier alpha value is -2.98. The molecule has 0 spiro atoms. The number of sulfonamides is 1. The Balaban J connectivity index is 1.59. The molecule has 1 aliphatic rings. The number of carbonyl (C=O) groups excluding carboxylic acids is 1. The van der Waals surface area contributed by atoms with Gasteiger partial charge in [0.1, 0.15) is 10.8 Å². The molecule has 0 atom stereocenters. The number of anilines is 1. The predicted octanol–water partition coefficient (Wildman–Crippen LogP) is 3.64. The molecule has 1 aliphatic heterocycles. The van der Waals surface area contributed by atoms with Crippen molar-refractivity contribution < 1.29 is 17.9 Å². The van der Waals surface area contributed by atoms with Gasteiger partial charge in [-0.2, -0.15) is 0 Å². The molecule has 0 saturated carbocycles. The maximum absolute atomic E-state index is 13.0. The lowest BCUT2D eigenvalue weighted by Gasteiger charge is -2.27. The number of piperidine rings is 1. The number of aromatic nitrogens is 2. The lowest BCUT2D eigenvalue weighted by Crippen LogP contribution is -2.35. The lowest BCUT2D eigenvalue weighted by molar-refractivity contribution is 0.0720. The van der Waals surface area contributed by atoms with E-state index >= 15 is 0 Å². The van der Waals surface area contributed by atoms with E-state index in [1.165, 1.54) is 25.3 Å². The van der Waals surface area contributed by atoms with Gasteiger partial charge in [0.05, 0.1) is 17.6 Å². The maximum Gasteiger partial charge on any atom is 0.263 e. The van der Waals surface area contributed by atoms with Crippen LogP contribution in [0.15, 0.2) is 53.4 Å². The van der Waals surface area contributed by atoms with Crippen molar-refractivity contribution >= 4 is 32.4 Å². The highest BCUT2D eigenvalue weighted by Crippen LogP contribution is 2.29. The minimum Gasteiger partial charge on any atom is -0.496 e. The number of amides is 1. The minimum absolute atomic E-state index is 0.0369. The molecule has 4 rings (SSSR count). The Morgan fingerprint density at radius 3 is 2.52 bits per heavy atom. The van der Waals surface area contributed by atoms with Crippen molar-refractivity contribution in [3.63, 3.8) is 0 Å². The molecule has 2 heterocycles. The molecule has 1 amide bonds. The van der Waals surface area contributed by atoms with Gasteiger partial charge in [0, 0.05) is 18.7 Å². The Kier molecular flexibility index (Phi) is 6.19. The second kappa shape index (κ2) is 9.03. The first-order chi connectivity index (χ1) is 15.0. The van der Waals surface area contributed by atoms with Crippen LogP contribution in [0.4, 0.5) is 5.13 Å². The monoisotopic (exact) mass is 458 g/mol. The van der Waals surface area contributed by atoms with Crippen molar-refractivity contribution in [3.05, 3.63) is 54.1 Å². The van der Waals surface area contributed by atoms with Crippen molar-refractivity contribution in [2.24, 2.45) is 0 Å². The van der Waals surface area contributed by atoms with E-state index in [9.17, 15) is 13.2 Å². The zero-order valence-electron chi connectivity index (χ0n) is 16.9. The quantitative estimate of drug-likeness (QED) is 0.605. The number of likely N-dealkylation sites (tertiary alicyclic amines) is 1. The summed E-state index contributed by atoms with van der Waals surface area (Å²) in [7, 11) is -2.50. The molecule has 0 aliphatic carbocycles.